The molecule has 0 atom stereocenters. The fraction of sp³-hybridized carbons (Fsp3) is 0.364. The van der Waals surface area contributed by atoms with Crippen LogP contribution in [0.1, 0.15) is 12.5 Å². The highest BCUT2D eigenvalue weighted by molar-refractivity contribution is 6.31. The molecule has 0 fully saturated rings. The van der Waals surface area contributed by atoms with E-state index in [4.69, 9.17) is 26.8 Å². The minimum Gasteiger partial charge on any atom is -0.494 e. The highest BCUT2D eigenvalue weighted by Crippen LogP contribution is 2.32. The predicted molar refractivity (Wildman–Crippen MR) is 62.8 cm³/mol. The van der Waals surface area contributed by atoms with Crippen LogP contribution in [0.25, 0.3) is 0 Å². The van der Waals surface area contributed by atoms with E-state index in [1.807, 2.05) is 0 Å². The lowest BCUT2D eigenvalue weighted by Crippen LogP contribution is -2.09. The van der Waals surface area contributed by atoms with Crippen LogP contribution in [0, 0.1) is 0 Å². The van der Waals surface area contributed by atoms with Gasteiger partial charge in [0, 0.05) is 10.6 Å². The molecule has 0 radical (unpaired) electrons. The zero-order valence-corrected chi connectivity index (χ0v) is 10.0. The first-order valence-corrected chi connectivity index (χ1v) is 5.24. The molecule has 0 saturated heterocycles. The van der Waals surface area contributed by atoms with Crippen molar-refractivity contribution in [3.63, 3.8) is 0 Å². The van der Waals surface area contributed by atoms with E-state index >= 15 is 0 Å². The maximum atomic E-state index is 11.4. The second-order valence-corrected chi connectivity index (χ2v) is 3.54. The Labute approximate surface area is 99.3 Å². The van der Waals surface area contributed by atoms with Gasteiger partial charge in [-0.3, -0.25) is 4.79 Å². The van der Waals surface area contributed by atoms with Crippen molar-refractivity contribution >= 4 is 23.3 Å². The maximum absolute atomic E-state index is 11.4. The van der Waals surface area contributed by atoms with Gasteiger partial charge in [0.25, 0.3) is 0 Å². The molecule has 0 aliphatic carbocycles. The molecule has 0 aromatic heterocycles. The van der Waals surface area contributed by atoms with Crippen LogP contribution in [0.5, 0.6) is 5.75 Å². The highest BCUT2D eigenvalue weighted by Gasteiger charge is 2.15. The number of hydrogen-bond acceptors (Lipinski definition) is 4. The van der Waals surface area contributed by atoms with Crippen molar-refractivity contribution in [2.45, 2.75) is 13.3 Å². The third kappa shape index (κ3) is 2.79. The van der Waals surface area contributed by atoms with Gasteiger partial charge in [-0.15, -0.1) is 0 Å². The van der Waals surface area contributed by atoms with Gasteiger partial charge in [-0.05, 0) is 19.1 Å². The fourth-order valence-electron chi connectivity index (χ4n) is 1.38. The third-order valence-electron chi connectivity index (χ3n) is 2.06. The molecule has 0 unspecified atom stereocenters. The summed E-state index contributed by atoms with van der Waals surface area (Å²) in [6, 6.07) is 3.27. The van der Waals surface area contributed by atoms with Gasteiger partial charge in [0.1, 0.15) is 5.75 Å². The molecular weight excluding hydrogens is 230 g/mol. The lowest BCUT2D eigenvalue weighted by atomic mass is 10.1. The first-order valence-electron chi connectivity index (χ1n) is 4.86. The van der Waals surface area contributed by atoms with Gasteiger partial charge in [-0.25, -0.2) is 0 Å². The second kappa shape index (κ2) is 5.61. The van der Waals surface area contributed by atoms with E-state index < -0.39 is 0 Å². The Bertz CT molecular complexity index is 393. The van der Waals surface area contributed by atoms with Gasteiger partial charge in [-0.2, -0.15) is 0 Å². The van der Waals surface area contributed by atoms with E-state index in [-0.39, 0.29) is 12.4 Å². The molecule has 0 bridgehead atoms. The molecule has 1 rings (SSSR count). The van der Waals surface area contributed by atoms with E-state index in [9.17, 15) is 4.79 Å². The van der Waals surface area contributed by atoms with E-state index in [0.717, 1.165) is 0 Å². The lowest BCUT2D eigenvalue weighted by molar-refractivity contribution is -0.142. The fourth-order valence-corrected chi connectivity index (χ4v) is 1.60. The molecule has 0 spiro atoms. The summed E-state index contributed by atoms with van der Waals surface area (Å²) in [6.45, 7) is 2.08. The summed E-state index contributed by atoms with van der Waals surface area (Å²) < 4.78 is 9.96. The Kier molecular flexibility index (Phi) is 4.43. The van der Waals surface area contributed by atoms with Crippen LogP contribution >= 0.6 is 11.6 Å². The van der Waals surface area contributed by atoms with Crippen molar-refractivity contribution in [2.24, 2.45) is 0 Å². The normalized spacial score (nSPS) is 9.94. The zero-order valence-electron chi connectivity index (χ0n) is 9.25. The average Bonchev–Trinajstić information content (AvgIpc) is 2.24. The summed E-state index contributed by atoms with van der Waals surface area (Å²) in [5, 5.41) is 0.444. The van der Waals surface area contributed by atoms with Crippen molar-refractivity contribution in [1.82, 2.24) is 0 Å². The molecule has 0 heterocycles. The number of benzene rings is 1. The van der Waals surface area contributed by atoms with Crippen LogP contribution in [-0.4, -0.2) is 19.7 Å². The van der Waals surface area contributed by atoms with E-state index in [1.54, 1.807) is 19.1 Å². The average molecular weight is 244 g/mol. The molecule has 0 aliphatic heterocycles. The molecule has 1 aromatic rings. The molecule has 0 saturated carbocycles. The number of carbonyl (C=O) groups excluding carboxylic acids is 1. The van der Waals surface area contributed by atoms with Gasteiger partial charge >= 0.3 is 5.97 Å². The minimum absolute atomic E-state index is 0.0564. The Morgan fingerprint density at radius 1 is 1.50 bits per heavy atom. The highest BCUT2D eigenvalue weighted by atomic mass is 35.5. The largest absolute Gasteiger partial charge is 0.494 e. The molecule has 88 valence electrons. The van der Waals surface area contributed by atoms with Crippen molar-refractivity contribution < 1.29 is 14.3 Å². The van der Waals surface area contributed by atoms with Crippen LogP contribution in [0.2, 0.25) is 5.02 Å². The topological polar surface area (TPSA) is 61.5 Å². The number of nitrogen functional groups attached to an aromatic ring is 1. The van der Waals surface area contributed by atoms with Gasteiger partial charge in [0.15, 0.2) is 0 Å². The maximum Gasteiger partial charge on any atom is 0.310 e. The number of rotatable bonds is 4. The molecule has 0 amide bonds. The summed E-state index contributed by atoms with van der Waals surface area (Å²) in [4.78, 5) is 11.4. The number of nitrogens with two attached hydrogens (primary N) is 1. The minimum atomic E-state index is -0.353. The molecule has 1 aromatic carbocycles. The van der Waals surface area contributed by atoms with Crippen molar-refractivity contribution in [2.75, 3.05) is 19.5 Å². The summed E-state index contributed by atoms with van der Waals surface area (Å²) in [5.41, 5.74) is 6.72. The standard InChI is InChI=1S/C11H14ClNO3/c1-3-16-10(14)6-7-8(12)4-5-9(13)11(7)15-2/h4-5H,3,6,13H2,1-2H3. The SMILES string of the molecule is CCOC(=O)Cc1c(Cl)ccc(N)c1OC. The third-order valence-corrected chi connectivity index (χ3v) is 2.42. The monoisotopic (exact) mass is 243 g/mol. The number of esters is 1. The summed E-state index contributed by atoms with van der Waals surface area (Å²) >= 11 is 5.98. The van der Waals surface area contributed by atoms with Crippen LogP contribution < -0.4 is 10.5 Å². The van der Waals surface area contributed by atoms with Crippen LogP contribution in [-0.2, 0) is 16.0 Å². The van der Waals surface area contributed by atoms with Crippen molar-refractivity contribution in [1.29, 1.82) is 0 Å². The zero-order chi connectivity index (χ0) is 12.1. The van der Waals surface area contributed by atoms with Gasteiger partial charge in [0.2, 0.25) is 0 Å². The van der Waals surface area contributed by atoms with E-state index in [0.29, 0.717) is 28.6 Å². The quantitative estimate of drug-likeness (QED) is 0.649. The number of hydrogen-bond donors (Lipinski definition) is 1. The first-order chi connectivity index (χ1) is 7.60. The summed E-state index contributed by atoms with van der Waals surface area (Å²) in [5.74, 6) is 0.0776. The molecule has 0 aliphatic rings. The second-order valence-electron chi connectivity index (χ2n) is 3.13. The molecular formula is C11H14ClNO3. The number of halogens is 1. The number of methoxy groups -OCH3 is 1. The predicted octanol–water partition coefficient (Wildman–Crippen LogP) is 2.04. The van der Waals surface area contributed by atoms with E-state index in [1.165, 1.54) is 7.11 Å². The van der Waals surface area contributed by atoms with Crippen LogP contribution in [0.3, 0.4) is 0 Å². The van der Waals surface area contributed by atoms with Gasteiger partial charge in [0.05, 0.1) is 25.8 Å². The van der Waals surface area contributed by atoms with Gasteiger partial charge < -0.3 is 15.2 Å². The smallest absolute Gasteiger partial charge is 0.310 e. The summed E-state index contributed by atoms with van der Waals surface area (Å²) in [7, 11) is 1.48. The molecule has 2 N–H and O–H groups in total. The van der Waals surface area contributed by atoms with Gasteiger partial charge in [-0.1, -0.05) is 11.6 Å². The van der Waals surface area contributed by atoms with Crippen LogP contribution in [0.15, 0.2) is 12.1 Å². The Hall–Kier alpha value is -1.42. The molecule has 16 heavy (non-hydrogen) atoms. The van der Waals surface area contributed by atoms with Crippen LogP contribution in [0.4, 0.5) is 5.69 Å². The Morgan fingerprint density at radius 3 is 2.75 bits per heavy atom. The Balaban J connectivity index is 3.01. The lowest BCUT2D eigenvalue weighted by Gasteiger charge is -2.12. The van der Waals surface area contributed by atoms with Crippen molar-refractivity contribution in [3.8, 4) is 5.75 Å². The molecule has 4 nitrogen and oxygen atoms in total. The first kappa shape index (κ1) is 12.6. The molecule has 5 heteroatoms. The summed E-state index contributed by atoms with van der Waals surface area (Å²) in [6.07, 6.45) is 0.0564. The van der Waals surface area contributed by atoms with E-state index in [2.05, 4.69) is 0 Å². The van der Waals surface area contributed by atoms with Crippen molar-refractivity contribution in [3.05, 3.63) is 22.7 Å². The number of anilines is 1. The number of ether oxygens (including phenoxy) is 2. The Morgan fingerprint density at radius 2 is 2.19 bits per heavy atom. The number of carbonyl (C=O) groups is 1.